The number of nitrogens with one attached hydrogen (secondary N) is 2. The van der Waals surface area contributed by atoms with E-state index in [1.807, 2.05) is 6.07 Å². The lowest BCUT2D eigenvalue weighted by Crippen LogP contribution is -2.44. The summed E-state index contributed by atoms with van der Waals surface area (Å²) in [6.45, 7) is 14.5. The van der Waals surface area contributed by atoms with Gasteiger partial charge in [0.15, 0.2) is 8.32 Å². The van der Waals surface area contributed by atoms with E-state index in [0.29, 0.717) is 10.6 Å². The summed E-state index contributed by atoms with van der Waals surface area (Å²) >= 11 is 6.26. The third-order valence-electron chi connectivity index (χ3n) is 5.85. The number of hydrazine groups is 1. The predicted octanol–water partition coefficient (Wildman–Crippen LogP) is 3.65. The molecule has 2 rings (SSSR count). The summed E-state index contributed by atoms with van der Waals surface area (Å²) in [5.74, 6) is -1.85. The number of nitrogens with zero attached hydrogens (tertiary/aromatic N) is 1. The zero-order valence-electron chi connectivity index (χ0n) is 19.7. The number of ether oxygens (including phenoxy) is 1. The molecular weight excluding hydrogens is 450 g/mol. The van der Waals surface area contributed by atoms with E-state index in [1.54, 1.807) is 13.0 Å². The molecule has 0 saturated carbocycles. The maximum absolute atomic E-state index is 12.5. The van der Waals surface area contributed by atoms with Crippen molar-refractivity contribution < 1.29 is 23.5 Å². The zero-order valence-corrected chi connectivity index (χ0v) is 21.5. The lowest BCUT2D eigenvalue weighted by atomic mass is 10.2. The summed E-state index contributed by atoms with van der Waals surface area (Å²) in [7, 11) is -1.87. The SMILES string of the molecule is CCOC(=O)CC(=O)NNC(=O)c1cc(Cl)cc(N2CCC(O[Si](C)(C)C(C)(C)C)C2)c1. The summed E-state index contributed by atoms with van der Waals surface area (Å²) in [5.41, 5.74) is 5.64. The molecule has 1 atom stereocenters. The second-order valence-electron chi connectivity index (χ2n) is 9.42. The van der Waals surface area contributed by atoms with Gasteiger partial charge in [-0.05, 0) is 49.7 Å². The van der Waals surface area contributed by atoms with Crippen molar-refractivity contribution in [2.45, 2.75) is 64.8 Å². The predicted molar refractivity (Wildman–Crippen MR) is 127 cm³/mol. The van der Waals surface area contributed by atoms with E-state index in [2.05, 4.69) is 49.6 Å². The van der Waals surface area contributed by atoms with E-state index in [9.17, 15) is 14.4 Å². The average Bonchev–Trinajstić information content (AvgIpc) is 3.12. The highest BCUT2D eigenvalue weighted by Crippen LogP contribution is 2.38. The van der Waals surface area contributed by atoms with Crippen LogP contribution < -0.4 is 15.8 Å². The van der Waals surface area contributed by atoms with Crippen molar-refractivity contribution in [2.24, 2.45) is 0 Å². The van der Waals surface area contributed by atoms with E-state index in [4.69, 9.17) is 20.8 Å². The van der Waals surface area contributed by atoms with Gasteiger partial charge in [-0.1, -0.05) is 32.4 Å². The zero-order chi connectivity index (χ0) is 24.1. The minimum absolute atomic E-state index is 0.134. The number of halogens is 1. The standard InChI is InChI=1S/C22H34ClN3O5Si/c1-7-30-20(28)13-19(27)24-25-21(29)15-10-16(23)12-17(11-15)26-9-8-18(14-26)31-32(5,6)22(2,3)4/h10-12,18H,7-9,13-14H2,1-6H3,(H,24,27)(H,25,29). The van der Waals surface area contributed by atoms with E-state index >= 15 is 0 Å². The van der Waals surface area contributed by atoms with Gasteiger partial charge in [-0.15, -0.1) is 0 Å². The van der Waals surface area contributed by atoms with Crippen molar-refractivity contribution in [1.82, 2.24) is 10.9 Å². The van der Waals surface area contributed by atoms with Gasteiger partial charge in [-0.25, -0.2) is 0 Å². The smallest absolute Gasteiger partial charge is 0.315 e. The molecule has 1 saturated heterocycles. The minimum Gasteiger partial charge on any atom is -0.466 e. The van der Waals surface area contributed by atoms with Crippen LogP contribution in [0.3, 0.4) is 0 Å². The molecule has 1 aliphatic rings. The van der Waals surface area contributed by atoms with Crippen LogP contribution in [0.5, 0.6) is 0 Å². The quantitative estimate of drug-likeness (QED) is 0.266. The first-order valence-electron chi connectivity index (χ1n) is 10.8. The summed E-state index contributed by atoms with van der Waals surface area (Å²) < 4.78 is 11.2. The van der Waals surface area contributed by atoms with Gasteiger partial charge in [0.2, 0.25) is 5.91 Å². The molecule has 2 amide bonds. The molecule has 1 unspecified atom stereocenters. The third kappa shape index (κ3) is 7.21. The van der Waals surface area contributed by atoms with Crippen molar-refractivity contribution in [2.75, 3.05) is 24.6 Å². The summed E-state index contributed by atoms with van der Waals surface area (Å²) in [6.07, 6.45) is 0.567. The molecule has 8 nitrogen and oxygen atoms in total. The highest BCUT2D eigenvalue weighted by Gasteiger charge is 2.40. The number of carbonyl (C=O) groups is 3. The molecule has 1 fully saturated rings. The lowest BCUT2D eigenvalue weighted by molar-refractivity contribution is -0.146. The molecule has 1 aromatic carbocycles. The molecule has 0 aromatic heterocycles. The largest absolute Gasteiger partial charge is 0.466 e. The van der Waals surface area contributed by atoms with Crippen LogP contribution >= 0.6 is 11.6 Å². The Bertz CT molecular complexity index is 856. The van der Waals surface area contributed by atoms with Crippen LogP contribution in [0.25, 0.3) is 0 Å². The van der Waals surface area contributed by atoms with E-state index in [-0.39, 0.29) is 17.7 Å². The normalized spacial score (nSPS) is 16.6. The number of carbonyl (C=O) groups excluding carboxylic acids is 3. The van der Waals surface area contributed by atoms with E-state index in [0.717, 1.165) is 25.2 Å². The van der Waals surface area contributed by atoms with Crippen molar-refractivity contribution in [3.8, 4) is 0 Å². The van der Waals surface area contributed by atoms with Crippen LogP contribution in [0, 0.1) is 0 Å². The minimum atomic E-state index is -1.87. The Hall–Kier alpha value is -2.10. The fourth-order valence-corrected chi connectivity index (χ4v) is 4.73. The van der Waals surface area contributed by atoms with Crippen molar-refractivity contribution >= 4 is 43.4 Å². The molecule has 10 heteroatoms. The average molecular weight is 484 g/mol. The molecule has 1 heterocycles. The topological polar surface area (TPSA) is 97.0 Å². The number of benzene rings is 1. The molecule has 1 aromatic rings. The fourth-order valence-electron chi connectivity index (χ4n) is 3.13. The number of rotatable bonds is 7. The Morgan fingerprint density at radius 3 is 2.50 bits per heavy atom. The highest BCUT2D eigenvalue weighted by atomic mass is 35.5. The molecule has 0 aliphatic carbocycles. The van der Waals surface area contributed by atoms with E-state index in [1.165, 1.54) is 6.07 Å². The summed E-state index contributed by atoms with van der Waals surface area (Å²) in [6, 6.07) is 5.07. The molecule has 2 N–H and O–H groups in total. The maximum atomic E-state index is 12.5. The van der Waals surface area contributed by atoms with Crippen LogP contribution in [-0.4, -0.2) is 51.9 Å². The molecule has 32 heavy (non-hydrogen) atoms. The first-order chi connectivity index (χ1) is 14.8. The Morgan fingerprint density at radius 1 is 1.19 bits per heavy atom. The van der Waals surface area contributed by atoms with Gasteiger partial charge in [0.05, 0.1) is 12.7 Å². The number of amides is 2. The van der Waals surface area contributed by atoms with Crippen molar-refractivity contribution in [3.63, 3.8) is 0 Å². The molecule has 1 aliphatic heterocycles. The van der Waals surface area contributed by atoms with Crippen LogP contribution in [0.1, 0.15) is 50.9 Å². The Labute approximate surface area is 196 Å². The Balaban J connectivity index is 2.00. The summed E-state index contributed by atoms with van der Waals surface area (Å²) in [4.78, 5) is 37.8. The van der Waals surface area contributed by atoms with Crippen LogP contribution in [0.4, 0.5) is 5.69 Å². The van der Waals surface area contributed by atoms with Gasteiger partial charge in [0.25, 0.3) is 5.91 Å². The van der Waals surface area contributed by atoms with Crippen LogP contribution in [0.2, 0.25) is 23.2 Å². The molecular formula is C22H34ClN3O5Si. The fraction of sp³-hybridized carbons (Fsp3) is 0.591. The van der Waals surface area contributed by atoms with Gasteiger partial charge in [-0.2, -0.15) is 0 Å². The first kappa shape index (κ1) is 26.2. The van der Waals surface area contributed by atoms with Crippen molar-refractivity contribution in [3.05, 3.63) is 28.8 Å². The first-order valence-corrected chi connectivity index (χ1v) is 14.1. The van der Waals surface area contributed by atoms with Gasteiger partial charge >= 0.3 is 5.97 Å². The second kappa shape index (κ2) is 10.7. The molecule has 0 bridgehead atoms. The van der Waals surface area contributed by atoms with Gasteiger partial charge < -0.3 is 14.1 Å². The van der Waals surface area contributed by atoms with Crippen molar-refractivity contribution in [1.29, 1.82) is 0 Å². The Morgan fingerprint density at radius 2 is 1.88 bits per heavy atom. The van der Waals surface area contributed by atoms with Gasteiger partial charge in [-0.3, -0.25) is 25.2 Å². The van der Waals surface area contributed by atoms with Crippen LogP contribution in [0.15, 0.2) is 18.2 Å². The van der Waals surface area contributed by atoms with Crippen LogP contribution in [-0.2, 0) is 18.8 Å². The number of hydrogen-bond donors (Lipinski definition) is 2. The molecule has 0 radical (unpaired) electrons. The number of hydrogen-bond acceptors (Lipinski definition) is 6. The number of anilines is 1. The number of esters is 1. The third-order valence-corrected chi connectivity index (χ3v) is 10.6. The molecule has 0 spiro atoms. The highest BCUT2D eigenvalue weighted by molar-refractivity contribution is 6.74. The summed E-state index contributed by atoms with van der Waals surface area (Å²) in [5, 5.41) is 0.554. The maximum Gasteiger partial charge on any atom is 0.315 e. The lowest BCUT2D eigenvalue weighted by Gasteiger charge is -2.38. The monoisotopic (exact) mass is 483 g/mol. The van der Waals surface area contributed by atoms with E-state index < -0.39 is 32.5 Å². The molecule has 178 valence electrons. The van der Waals surface area contributed by atoms with Gasteiger partial charge in [0, 0.05) is 29.4 Å². The Kier molecular flexibility index (Phi) is 8.72. The van der Waals surface area contributed by atoms with Gasteiger partial charge in [0.1, 0.15) is 6.42 Å². The second-order valence-corrected chi connectivity index (χ2v) is 14.6.